The highest BCUT2D eigenvalue weighted by atomic mass is 32.1. The van der Waals surface area contributed by atoms with Crippen molar-refractivity contribution in [2.45, 2.75) is 44.6 Å². The molecular formula is C15H19N3OS. The maximum absolute atomic E-state index is 9.68. The summed E-state index contributed by atoms with van der Waals surface area (Å²) in [5.41, 5.74) is 1.50. The van der Waals surface area contributed by atoms with Crippen LogP contribution in [-0.2, 0) is 12.8 Å². The number of nitrogens with zero attached hydrogens (tertiary/aromatic N) is 3. The molecule has 1 N–H and O–H groups in total. The van der Waals surface area contributed by atoms with Gasteiger partial charge in [-0.25, -0.2) is 9.97 Å². The molecule has 0 unspecified atom stereocenters. The Hall–Kier alpha value is -1.20. The maximum Gasteiger partial charge on any atom is 0.141 e. The molecule has 0 bridgehead atoms. The molecular weight excluding hydrogens is 270 g/mol. The van der Waals surface area contributed by atoms with Crippen molar-refractivity contribution in [2.24, 2.45) is 0 Å². The van der Waals surface area contributed by atoms with Crippen molar-refractivity contribution in [3.63, 3.8) is 0 Å². The fourth-order valence-corrected chi connectivity index (χ4v) is 4.61. The van der Waals surface area contributed by atoms with Crippen molar-refractivity contribution in [1.29, 1.82) is 0 Å². The number of aryl methyl sites for hydroxylation is 2. The van der Waals surface area contributed by atoms with E-state index in [-0.39, 0.29) is 6.10 Å². The SMILES string of the molecule is OC1CCN(c2ncnc3sc4c(c23)CCCC4)CC1. The Morgan fingerprint density at radius 1 is 1.15 bits per heavy atom. The maximum atomic E-state index is 9.68. The van der Waals surface area contributed by atoms with Crippen LogP contribution in [0.3, 0.4) is 0 Å². The predicted octanol–water partition coefficient (Wildman–Crippen LogP) is 2.53. The van der Waals surface area contributed by atoms with Crippen molar-refractivity contribution in [2.75, 3.05) is 18.0 Å². The van der Waals surface area contributed by atoms with E-state index >= 15 is 0 Å². The first-order valence-corrected chi connectivity index (χ1v) is 8.33. The summed E-state index contributed by atoms with van der Waals surface area (Å²) in [5, 5.41) is 11.0. The molecule has 1 saturated heterocycles. The second-order valence-electron chi connectivity index (χ2n) is 5.81. The monoisotopic (exact) mass is 289 g/mol. The van der Waals surface area contributed by atoms with E-state index in [1.165, 1.54) is 41.5 Å². The van der Waals surface area contributed by atoms with Crippen molar-refractivity contribution < 1.29 is 5.11 Å². The molecule has 4 rings (SSSR count). The smallest absolute Gasteiger partial charge is 0.141 e. The lowest BCUT2D eigenvalue weighted by molar-refractivity contribution is 0.145. The number of rotatable bonds is 1. The lowest BCUT2D eigenvalue weighted by Crippen LogP contribution is -2.36. The van der Waals surface area contributed by atoms with E-state index in [0.717, 1.165) is 36.6 Å². The molecule has 1 aliphatic carbocycles. The summed E-state index contributed by atoms with van der Waals surface area (Å²) in [4.78, 5) is 14.1. The molecule has 106 valence electrons. The minimum absolute atomic E-state index is 0.139. The number of aliphatic hydroxyl groups is 1. The highest BCUT2D eigenvalue weighted by Crippen LogP contribution is 2.39. The highest BCUT2D eigenvalue weighted by molar-refractivity contribution is 7.19. The average molecular weight is 289 g/mol. The van der Waals surface area contributed by atoms with Gasteiger partial charge in [0.15, 0.2) is 0 Å². The number of anilines is 1. The summed E-state index contributed by atoms with van der Waals surface area (Å²) in [6.45, 7) is 1.80. The zero-order valence-corrected chi connectivity index (χ0v) is 12.3. The number of aromatic nitrogens is 2. The molecule has 0 spiro atoms. The Balaban J connectivity index is 1.80. The van der Waals surface area contributed by atoms with Crippen LogP contribution in [0.4, 0.5) is 5.82 Å². The number of hydrogen-bond acceptors (Lipinski definition) is 5. The molecule has 2 aromatic heterocycles. The lowest BCUT2D eigenvalue weighted by atomic mass is 9.96. The van der Waals surface area contributed by atoms with Gasteiger partial charge in [-0.15, -0.1) is 11.3 Å². The van der Waals surface area contributed by atoms with Gasteiger partial charge in [-0.2, -0.15) is 0 Å². The number of piperidine rings is 1. The molecule has 0 amide bonds. The molecule has 3 heterocycles. The molecule has 1 fully saturated rings. The van der Waals surface area contributed by atoms with E-state index in [9.17, 15) is 5.11 Å². The van der Waals surface area contributed by atoms with Gasteiger partial charge < -0.3 is 10.0 Å². The number of hydrogen-bond donors (Lipinski definition) is 1. The van der Waals surface area contributed by atoms with E-state index in [1.807, 2.05) is 11.3 Å². The first kappa shape index (κ1) is 12.5. The van der Waals surface area contributed by atoms with Crippen molar-refractivity contribution in [3.05, 3.63) is 16.8 Å². The summed E-state index contributed by atoms with van der Waals surface area (Å²) < 4.78 is 0. The Morgan fingerprint density at radius 2 is 1.95 bits per heavy atom. The minimum Gasteiger partial charge on any atom is -0.393 e. The van der Waals surface area contributed by atoms with Gasteiger partial charge in [-0.1, -0.05) is 0 Å². The van der Waals surface area contributed by atoms with Crippen LogP contribution in [0.25, 0.3) is 10.2 Å². The van der Waals surface area contributed by atoms with Crippen LogP contribution in [0, 0.1) is 0 Å². The second-order valence-corrected chi connectivity index (χ2v) is 6.89. The number of thiophene rings is 1. The predicted molar refractivity (Wildman–Crippen MR) is 81.5 cm³/mol. The molecule has 0 atom stereocenters. The van der Waals surface area contributed by atoms with Crippen LogP contribution in [-0.4, -0.2) is 34.3 Å². The van der Waals surface area contributed by atoms with Gasteiger partial charge in [0.05, 0.1) is 11.5 Å². The zero-order valence-electron chi connectivity index (χ0n) is 11.5. The van der Waals surface area contributed by atoms with Gasteiger partial charge in [-0.05, 0) is 44.1 Å². The fraction of sp³-hybridized carbons (Fsp3) is 0.600. The number of fused-ring (bicyclic) bond motifs is 3. The fourth-order valence-electron chi connectivity index (χ4n) is 3.39. The van der Waals surface area contributed by atoms with Gasteiger partial charge >= 0.3 is 0 Å². The second kappa shape index (κ2) is 4.97. The quantitative estimate of drug-likeness (QED) is 0.876. The standard InChI is InChI=1S/C15H19N3OS/c19-10-5-7-18(8-6-10)14-13-11-3-1-2-4-12(11)20-15(13)17-9-16-14/h9-10,19H,1-8H2. The van der Waals surface area contributed by atoms with Crippen LogP contribution in [0.2, 0.25) is 0 Å². The first-order valence-electron chi connectivity index (χ1n) is 7.51. The Kier molecular flexibility index (Phi) is 3.11. The van der Waals surface area contributed by atoms with E-state index in [0.29, 0.717) is 0 Å². The van der Waals surface area contributed by atoms with Crippen molar-refractivity contribution >= 4 is 27.4 Å². The van der Waals surface area contributed by atoms with Gasteiger partial charge in [0.25, 0.3) is 0 Å². The Labute approximate surface area is 122 Å². The van der Waals surface area contributed by atoms with E-state index < -0.39 is 0 Å². The Morgan fingerprint density at radius 3 is 2.80 bits per heavy atom. The minimum atomic E-state index is -0.139. The summed E-state index contributed by atoms with van der Waals surface area (Å²) >= 11 is 1.85. The first-order chi connectivity index (χ1) is 9.83. The van der Waals surface area contributed by atoms with Crippen LogP contribution in [0.15, 0.2) is 6.33 Å². The summed E-state index contributed by atoms with van der Waals surface area (Å²) in [6, 6.07) is 0. The molecule has 2 aliphatic rings. The van der Waals surface area contributed by atoms with E-state index in [2.05, 4.69) is 14.9 Å². The molecule has 20 heavy (non-hydrogen) atoms. The molecule has 4 nitrogen and oxygen atoms in total. The summed E-state index contributed by atoms with van der Waals surface area (Å²) in [6.07, 6.45) is 8.21. The molecule has 0 aromatic carbocycles. The normalized spacial score (nSPS) is 20.4. The molecule has 2 aromatic rings. The highest BCUT2D eigenvalue weighted by Gasteiger charge is 2.24. The Bertz CT molecular complexity index is 631. The van der Waals surface area contributed by atoms with E-state index in [4.69, 9.17) is 0 Å². The third kappa shape index (κ3) is 2.00. The summed E-state index contributed by atoms with van der Waals surface area (Å²) in [5.74, 6) is 1.10. The summed E-state index contributed by atoms with van der Waals surface area (Å²) in [7, 11) is 0. The third-order valence-corrected chi connectivity index (χ3v) is 5.70. The largest absolute Gasteiger partial charge is 0.393 e. The van der Waals surface area contributed by atoms with E-state index in [1.54, 1.807) is 6.33 Å². The van der Waals surface area contributed by atoms with Gasteiger partial charge in [-0.3, -0.25) is 0 Å². The van der Waals surface area contributed by atoms with Crippen LogP contribution >= 0.6 is 11.3 Å². The van der Waals surface area contributed by atoms with Crippen molar-refractivity contribution in [3.8, 4) is 0 Å². The molecule has 0 saturated carbocycles. The number of aliphatic hydroxyl groups excluding tert-OH is 1. The van der Waals surface area contributed by atoms with Crippen LogP contribution < -0.4 is 4.90 Å². The molecule has 1 aliphatic heterocycles. The van der Waals surface area contributed by atoms with Crippen LogP contribution in [0.5, 0.6) is 0 Å². The van der Waals surface area contributed by atoms with Crippen LogP contribution in [0.1, 0.15) is 36.1 Å². The van der Waals surface area contributed by atoms with Gasteiger partial charge in [0.1, 0.15) is 17.0 Å². The van der Waals surface area contributed by atoms with Gasteiger partial charge in [0, 0.05) is 18.0 Å². The zero-order chi connectivity index (χ0) is 13.5. The third-order valence-electron chi connectivity index (χ3n) is 4.50. The molecule has 0 radical (unpaired) electrons. The topological polar surface area (TPSA) is 49.2 Å². The average Bonchev–Trinajstić information content (AvgIpc) is 2.86. The van der Waals surface area contributed by atoms with Crippen molar-refractivity contribution in [1.82, 2.24) is 9.97 Å². The molecule has 5 heteroatoms. The van der Waals surface area contributed by atoms with Gasteiger partial charge in [0.2, 0.25) is 0 Å². The lowest BCUT2D eigenvalue weighted by Gasteiger charge is -2.31.